The number of aromatic nitrogens is 1. The number of fused-ring (bicyclic) bond motifs is 1. The zero-order valence-electron chi connectivity index (χ0n) is 14.5. The van der Waals surface area contributed by atoms with E-state index in [1.807, 2.05) is 45.2 Å². The Kier molecular flexibility index (Phi) is 4.49. The summed E-state index contributed by atoms with van der Waals surface area (Å²) < 4.78 is 5.45. The van der Waals surface area contributed by atoms with Crippen LogP contribution in [0.25, 0.3) is 11.0 Å². The Morgan fingerprint density at radius 1 is 1.21 bits per heavy atom. The van der Waals surface area contributed by atoms with Crippen molar-refractivity contribution in [2.75, 3.05) is 7.05 Å². The van der Waals surface area contributed by atoms with E-state index in [0.717, 1.165) is 27.8 Å². The van der Waals surface area contributed by atoms with Gasteiger partial charge in [-0.1, -0.05) is 18.2 Å². The largest absolute Gasteiger partial charge is 0.422 e. The van der Waals surface area contributed by atoms with Crippen LogP contribution in [0.4, 0.5) is 0 Å². The van der Waals surface area contributed by atoms with Crippen molar-refractivity contribution < 1.29 is 4.42 Å². The standard InChI is InChI=1S/C20H22N2O2/c1-13-8-9-17-16(11-19(23)24-20(17)14(13)2)12-22(4)15(3)18-7-5-6-10-21-18/h5-11,15H,12H2,1-4H3/t15-/m0/s1. The molecule has 24 heavy (non-hydrogen) atoms. The molecule has 1 atom stereocenters. The minimum absolute atomic E-state index is 0.153. The molecular formula is C20H22N2O2. The molecule has 2 heterocycles. The van der Waals surface area contributed by atoms with Crippen LogP contribution < -0.4 is 5.63 Å². The van der Waals surface area contributed by atoms with Crippen LogP contribution in [-0.2, 0) is 6.54 Å². The maximum Gasteiger partial charge on any atom is 0.336 e. The predicted molar refractivity (Wildman–Crippen MR) is 96.1 cm³/mol. The Labute approximate surface area is 141 Å². The molecule has 1 aromatic carbocycles. The van der Waals surface area contributed by atoms with Crippen LogP contribution in [0.3, 0.4) is 0 Å². The van der Waals surface area contributed by atoms with Crippen molar-refractivity contribution in [3.05, 3.63) is 75.4 Å². The molecule has 0 bridgehead atoms. The van der Waals surface area contributed by atoms with E-state index in [1.54, 1.807) is 12.3 Å². The van der Waals surface area contributed by atoms with E-state index < -0.39 is 0 Å². The summed E-state index contributed by atoms with van der Waals surface area (Å²) in [5.74, 6) is 0. The molecular weight excluding hydrogens is 300 g/mol. The summed E-state index contributed by atoms with van der Waals surface area (Å²) in [6, 6.07) is 11.8. The SMILES string of the molecule is Cc1ccc2c(CN(C)[C@@H](C)c3ccccn3)cc(=O)oc2c1C. The van der Waals surface area contributed by atoms with Gasteiger partial charge in [-0.15, -0.1) is 0 Å². The first-order valence-electron chi connectivity index (χ1n) is 8.11. The molecule has 124 valence electrons. The molecule has 0 amide bonds. The topological polar surface area (TPSA) is 46.3 Å². The zero-order chi connectivity index (χ0) is 17.3. The number of aryl methyl sites for hydroxylation is 2. The van der Waals surface area contributed by atoms with Crippen LogP contribution in [0.5, 0.6) is 0 Å². The molecule has 0 spiro atoms. The van der Waals surface area contributed by atoms with Crippen LogP contribution in [0.1, 0.15) is 35.3 Å². The van der Waals surface area contributed by atoms with Crippen molar-refractivity contribution in [1.29, 1.82) is 0 Å². The Hall–Kier alpha value is -2.46. The highest BCUT2D eigenvalue weighted by molar-refractivity contribution is 5.83. The number of benzene rings is 1. The third-order valence-corrected chi connectivity index (χ3v) is 4.71. The van der Waals surface area contributed by atoms with E-state index in [0.29, 0.717) is 12.1 Å². The lowest BCUT2D eigenvalue weighted by atomic mass is 10.0. The first-order chi connectivity index (χ1) is 11.5. The van der Waals surface area contributed by atoms with E-state index in [1.165, 1.54) is 0 Å². The monoisotopic (exact) mass is 322 g/mol. The summed E-state index contributed by atoms with van der Waals surface area (Å²) in [6.07, 6.45) is 1.80. The van der Waals surface area contributed by atoms with Gasteiger partial charge < -0.3 is 4.42 Å². The molecule has 0 unspecified atom stereocenters. The van der Waals surface area contributed by atoms with Gasteiger partial charge in [-0.25, -0.2) is 4.79 Å². The molecule has 0 fully saturated rings. The fourth-order valence-corrected chi connectivity index (χ4v) is 2.91. The van der Waals surface area contributed by atoms with Gasteiger partial charge in [0.05, 0.1) is 5.69 Å². The maximum atomic E-state index is 12.0. The number of pyridine rings is 1. The van der Waals surface area contributed by atoms with Gasteiger partial charge in [0, 0.05) is 30.2 Å². The van der Waals surface area contributed by atoms with Crippen molar-refractivity contribution in [1.82, 2.24) is 9.88 Å². The first-order valence-corrected chi connectivity index (χ1v) is 8.11. The molecule has 0 saturated carbocycles. The van der Waals surface area contributed by atoms with Crippen molar-refractivity contribution in [2.24, 2.45) is 0 Å². The third kappa shape index (κ3) is 3.10. The van der Waals surface area contributed by atoms with Crippen molar-refractivity contribution >= 4 is 11.0 Å². The highest BCUT2D eigenvalue weighted by atomic mass is 16.4. The Morgan fingerprint density at radius 3 is 2.71 bits per heavy atom. The van der Waals surface area contributed by atoms with E-state index in [4.69, 9.17) is 4.42 Å². The molecule has 0 aliphatic carbocycles. The van der Waals surface area contributed by atoms with Crippen molar-refractivity contribution in [2.45, 2.75) is 33.4 Å². The number of hydrogen-bond acceptors (Lipinski definition) is 4. The van der Waals surface area contributed by atoms with Gasteiger partial charge >= 0.3 is 5.63 Å². The second kappa shape index (κ2) is 6.57. The lowest BCUT2D eigenvalue weighted by Crippen LogP contribution is -2.23. The summed E-state index contributed by atoms with van der Waals surface area (Å²) in [5, 5.41) is 0.998. The van der Waals surface area contributed by atoms with Gasteiger partial charge in [0.25, 0.3) is 0 Å². The summed E-state index contributed by atoms with van der Waals surface area (Å²) in [5.41, 5.74) is 4.53. The quantitative estimate of drug-likeness (QED) is 0.681. The molecule has 2 aromatic heterocycles. The molecule has 0 saturated heterocycles. The van der Waals surface area contributed by atoms with Crippen LogP contribution >= 0.6 is 0 Å². The summed E-state index contributed by atoms with van der Waals surface area (Å²) >= 11 is 0. The number of rotatable bonds is 4. The lowest BCUT2D eigenvalue weighted by Gasteiger charge is -2.24. The second-order valence-corrected chi connectivity index (χ2v) is 6.32. The van der Waals surface area contributed by atoms with Crippen LogP contribution in [0, 0.1) is 13.8 Å². The fourth-order valence-electron chi connectivity index (χ4n) is 2.91. The van der Waals surface area contributed by atoms with Crippen molar-refractivity contribution in [3.63, 3.8) is 0 Å². The van der Waals surface area contributed by atoms with Gasteiger partial charge in [0.15, 0.2) is 0 Å². The van der Waals surface area contributed by atoms with E-state index in [-0.39, 0.29) is 11.7 Å². The number of nitrogens with zero attached hydrogens (tertiary/aromatic N) is 2. The minimum Gasteiger partial charge on any atom is -0.422 e. The molecule has 4 nitrogen and oxygen atoms in total. The third-order valence-electron chi connectivity index (χ3n) is 4.71. The smallest absolute Gasteiger partial charge is 0.336 e. The molecule has 0 N–H and O–H groups in total. The highest BCUT2D eigenvalue weighted by Gasteiger charge is 2.16. The summed E-state index contributed by atoms with van der Waals surface area (Å²) in [4.78, 5) is 18.6. The van der Waals surface area contributed by atoms with Crippen LogP contribution in [0.2, 0.25) is 0 Å². The van der Waals surface area contributed by atoms with E-state index in [9.17, 15) is 4.79 Å². The Balaban J connectivity index is 1.98. The van der Waals surface area contributed by atoms with Gasteiger partial charge in [-0.05, 0) is 56.6 Å². The molecule has 0 aliphatic rings. The summed E-state index contributed by atoms with van der Waals surface area (Å²) in [7, 11) is 2.04. The zero-order valence-corrected chi connectivity index (χ0v) is 14.5. The normalized spacial score (nSPS) is 12.7. The van der Waals surface area contributed by atoms with E-state index >= 15 is 0 Å². The molecule has 0 aliphatic heterocycles. The second-order valence-electron chi connectivity index (χ2n) is 6.32. The minimum atomic E-state index is -0.301. The lowest BCUT2D eigenvalue weighted by molar-refractivity contribution is 0.249. The predicted octanol–water partition coefficient (Wildman–Crippen LogP) is 4.00. The van der Waals surface area contributed by atoms with E-state index in [2.05, 4.69) is 22.9 Å². The average molecular weight is 322 g/mol. The Bertz CT molecular complexity index is 916. The van der Waals surface area contributed by atoms with Gasteiger partial charge in [-0.2, -0.15) is 0 Å². The molecule has 4 heteroatoms. The molecule has 0 radical (unpaired) electrons. The van der Waals surface area contributed by atoms with Crippen LogP contribution in [-0.4, -0.2) is 16.9 Å². The fraction of sp³-hybridized carbons (Fsp3) is 0.300. The highest BCUT2D eigenvalue weighted by Crippen LogP contribution is 2.26. The first kappa shape index (κ1) is 16.4. The summed E-state index contributed by atoms with van der Waals surface area (Å²) in [6.45, 7) is 6.79. The van der Waals surface area contributed by atoms with Gasteiger partial charge in [-0.3, -0.25) is 9.88 Å². The maximum absolute atomic E-state index is 12.0. The number of hydrogen-bond donors (Lipinski definition) is 0. The van der Waals surface area contributed by atoms with Gasteiger partial charge in [0.1, 0.15) is 5.58 Å². The van der Waals surface area contributed by atoms with Crippen LogP contribution in [0.15, 0.2) is 51.8 Å². The van der Waals surface area contributed by atoms with Crippen molar-refractivity contribution in [3.8, 4) is 0 Å². The van der Waals surface area contributed by atoms with Gasteiger partial charge in [0.2, 0.25) is 0 Å². The average Bonchev–Trinajstić information content (AvgIpc) is 2.58. The Morgan fingerprint density at radius 2 is 2.00 bits per heavy atom. The molecule has 3 rings (SSSR count). The molecule has 3 aromatic rings.